The summed E-state index contributed by atoms with van der Waals surface area (Å²) in [6.45, 7) is 1.10. The number of anilines is 1. The summed E-state index contributed by atoms with van der Waals surface area (Å²) in [5.74, 6) is -1.55. The molecule has 7 nitrogen and oxygen atoms in total. The highest BCUT2D eigenvalue weighted by molar-refractivity contribution is 7.13. The van der Waals surface area contributed by atoms with Crippen molar-refractivity contribution in [1.29, 1.82) is 0 Å². The van der Waals surface area contributed by atoms with Crippen molar-refractivity contribution in [3.63, 3.8) is 0 Å². The van der Waals surface area contributed by atoms with E-state index in [0.29, 0.717) is 42.8 Å². The van der Waals surface area contributed by atoms with E-state index < -0.39 is 17.5 Å². The molecule has 1 fully saturated rings. The van der Waals surface area contributed by atoms with Gasteiger partial charge < -0.3 is 15.0 Å². The first kappa shape index (κ1) is 21.8. The fourth-order valence-electron chi connectivity index (χ4n) is 3.39. The van der Waals surface area contributed by atoms with E-state index in [9.17, 15) is 18.4 Å². The Morgan fingerprint density at radius 1 is 1.09 bits per heavy atom. The summed E-state index contributed by atoms with van der Waals surface area (Å²) in [5.41, 5.74) is -0.127. The highest BCUT2D eigenvalue weighted by Gasteiger charge is 2.27. The lowest BCUT2D eigenvalue weighted by Gasteiger charge is -2.30. The summed E-state index contributed by atoms with van der Waals surface area (Å²) in [4.78, 5) is 26.5. The van der Waals surface area contributed by atoms with Crippen LogP contribution in [0.15, 0.2) is 48.5 Å². The molecule has 0 saturated carbocycles. The Hall–Kier alpha value is -3.40. The van der Waals surface area contributed by atoms with Crippen molar-refractivity contribution < 1.29 is 23.1 Å². The van der Waals surface area contributed by atoms with Crippen LogP contribution in [0.1, 0.15) is 33.6 Å². The minimum atomic E-state index is -0.864. The molecule has 0 bridgehead atoms. The van der Waals surface area contributed by atoms with Crippen LogP contribution in [0, 0.1) is 11.6 Å². The van der Waals surface area contributed by atoms with E-state index >= 15 is 0 Å². The van der Waals surface area contributed by atoms with E-state index in [2.05, 4.69) is 15.5 Å². The molecule has 1 aromatic heterocycles. The molecule has 1 aliphatic rings. The number of nitrogens with one attached hydrogen (secondary N) is 1. The second-order valence-electron chi connectivity index (χ2n) is 7.28. The molecule has 1 saturated heterocycles. The molecular formula is C22H20F2N4O3S. The Balaban J connectivity index is 1.29. The first-order valence-corrected chi connectivity index (χ1v) is 10.9. The molecule has 4 rings (SSSR count). The van der Waals surface area contributed by atoms with Crippen molar-refractivity contribution >= 4 is 28.8 Å². The summed E-state index contributed by atoms with van der Waals surface area (Å²) >= 11 is 1.13. The molecule has 1 N–H and O–H groups in total. The quantitative estimate of drug-likeness (QED) is 0.607. The van der Waals surface area contributed by atoms with Gasteiger partial charge in [-0.05, 0) is 37.1 Å². The van der Waals surface area contributed by atoms with Gasteiger partial charge in [-0.15, -0.1) is 10.2 Å². The van der Waals surface area contributed by atoms with Crippen LogP contribution in [0.25, 0.3) is 0 Å². The molecule has 32 heavy (non-hydrogen) atoms. The number of aromatic nitrogens is 2. The Labute approximate surface area is 187 Å². The van der Waals surface area contributed by atoms with Crippen molar-refractivity contribution in [3.05, 3.63) is 70.2 Å². The molecule has 10 heteroatoms. The number of amides is 2. The Morgan fingerprint density at radius 3 is 2.56 bits per heavy atom. The lowest BCUT2D eigenvalue weighted by Crippen LogP contribution is -2.40. The van der Waals surface area contributed by atoms with Crippen molar-refractivity contribution in [2.24, 2.45) is 0 Å². The van der Waals surface area contributed by atoms with Crippen molar-refractivity contribution in [2.45, 2.75) is 18.8 Å². The second kappa shape index (κ2) is 9.82. The van der Waals surface area contributed by atoms with Crippen LogP contribution in [0.4, 0.5) is 14.5 Å². The number of carbonyl (C=O) groups is 2. The molecule has 166 valence electrons. The molecule has 1 aliphatic heterocycles. The Kier molecular flexibility index (Phi) is 6.69. The second-order valence-corrected chi connectivity index (χ2v) is 8.29. The minimum absolute atomic E-state index is 0.0161. The molecule has 2 aromatic carbocycles. The SMILES string of the molecule is O=C(Nc1ccc(F)cc1F)c1nnc(C2CCN(C(=O)COc3ccccc3)CC2)s1. The van der Waals surface area contributed by atoms with Crippen LogP contribution >= 0.6 is 11.3 Å². The van der Waals surface area contributed by atoms with E-state index in [1.54, 1.807) is 17.0 Å². The van der Waals surface area contributed by atoms with Crippen LogP contribution < -0.4 is 10.1 Å². The average Bonchev–Trinajstić information content (AvgIpc) is 3.31. The molecule has 2 amide bonds. The number of para-hydroxylation sites is 1. The molecule has 0 unspecified atom stereocenters. The number of likely N-dealkylation sites (tertiary alicyclic amines) is 1. The molecule has 0 atom stereocenters. The van der Waals surface area contributed by atoms with Crippen molar-refractivity contribution in [1.82, 2.24) is 15.1 Å². The summed E-state index contributed by atoms with van der Waals surface area (Å²) in [5, 5.41) is 11.2. The van der Waals surface area contributed by atoms with Gasteiger partial charge in [0, 0.05) is 25.1 Å². The van der Waals surface area contributed by atoms with E-state index in [4.69, 9.17) is 4.74 Å². The molecule has 0 aliphatic carbocycles. The number of hydrogen-bond acceptors (Lipinski definition) is 6. The Bertz CT molecular complexity index is 1100. The van der Waals surface area contributed by atoms with Gasteiger partial charge in [-0.25, -0.2) is 8.78 Å². The Morgan fingerprint density at radius 2 is 1.84 bits per heavy atom. The van der Waals surface area contributed by atoms with Gasteiger partial charge in [0.05, 0.1) is 5.69 Å². The topological polar surface area (TPSA) is 84.4 Å². The number of ether oxygens (including phenoxy) is 1. The number of hydrogen-bond donors (Lipinski definition) is 1. The van der Waals surface area contributed by atoms with Gasteiger partial charge >= 0.3 is 0 Å². The molecule has 0 radical (unpaired) electrons. The normalized spacial score (nSPS) is 14.2. The maximum Gasteiger partial charge on any atom is 0.286 e. The third-order valence-corrected chi connectivity index (χ3v) is 6.20. The van der Waals surface area contributed by atoms with Crippen LogP contribution in [0.2, 0.25) is 0 Å². The van der Waals surface area contributed by atoms with E-state index in [-0.39, 0.29) is 29.1 Å². The van der Waals surface area contributed by atoms with Crippen LogP contribution in [-0.4, -0.2) is 46.6 Å². The maximum absolute atomic E-state index is 13.7. The van der Waals surface area contributed by atoms with Gasteiger partial charge in [0.2, 0.25) is 5.01 Å². The summed E-state index contributed by atoms with van der Waals surface area (Å²) in [6.07, 6.45) is 1.39. The van der Waals surface area contributed by atoms with Gasteiger partial charge in [0.25, 0.3) is 11.8 Å². The third kappa shape index (κ3) is 5.25. The van der Waals surface area contributed by atoms with E-state index in [1.807, 2.05) is 18.2 Å². The predicted octanol–water partition coefficient (Wildman–Crippen LogP) is 3.85. The number of halogens is 2. The lowest BCUT2D eigenvalue weighted by molar-refractivity contribution is -0.134. The molecular weight excluding hydrogens is 438 g/mol. The summed E-state index contributed by atoms with van der Waals surface area (Å²) < 4.78 is 32.3. The fraction of sp³-hybridized carbons (Fsp3) is 0.273. The van der Waals surface area contributed by atoms with Crippen molar-refractivity contribution in [3.8, 4) is 5.75 Å². The van der Waals surface area contributed by atoms with Gasteiger partial charge in [-0.2, -0.15) is 0 Å². The van der Waals surface area contributed by atoms with Crippen LogP contribution in [0.3, 0.4) is 0 Å². The average molecular weight is 458 g/mol. The third-order valence-electron chi connectivity index (χ3n) is 5.12. The predicted molar refractivity (Wildman–Crippen MR) is 115 cm³/mol. The van der Waals surface area contributed by atoms with Gasteiger partial charge in [0.1, 0.15) is 22.4 Å². The minimum Gasteiger partial charge on any atom is -0.484 e. The smallest absolute Gasteiger partial charge is 0.286 e. The number of piperidine rings is 1. The number of carbonyl (C=O) groups excluding carboxylic acids is 2. The number of benzene rings is 2. The number of nitrogens with zero attached hydrogens (tertiary/aromatic N) is 3. The van der Waals surface area contributed by atoms with Gasteiger partial charge in [0.15, 0.2) is 6.61 Å². The fourth-order valence-corrected chi connectivity index (χ4v) is 4.29. The largest absolute Gasteiger partial charge is 0.484 e. The standard InChI is InChI=1S/C22H20F2N4O3S/c23-15-6-7-18(17(24)12-15)25-20(30)22-27-26-21(32-22)14-8-10-28(11-9-14)19(29)13-31-16-4-2-1-3-5-16/h1-7,12,14H,8-11,13H2,(H,25,30). The van der Waals surface area contributed by atoms with Crippen LogP contribution in [0.5, 0.6) is 5.75 Å². The highest BCUT2D eigenvalue weighted by Crippen LogP contribution is 2.30. The van der Waals surface area contributed by atoms with E-state index in [1.165, 1.54) is 0 Å². The first-order chi connectivity index (χ1) is 15.5. The number of rotatable bonds is 6. The molecule has 0 spiro atoms. The highest BCUT2D eigenvalue weighted by atomic mass is 32.1. The zero-order valence-electron chi connectivity index (χ0n) is 17.0. The molecule has 2 heterocycles. The zero-order valence-corrected chi connectivity index (χ0v) is 17.8. The van der Waals surface area contributed by atoms with Gasteiger partial charge in [-0.1, -0.05) is 29.5 Å². The van der Waals surface area contributed by atoms with Gasteiger partial charge in [-0.3, -0.25) is 9.59 Å². The lowest BCUT2D eigenvalue weighted by atomic mass is 9.98. The van der Waals surface area contributed by atoms with Crippen LogP contribution in [-0.2, 0) is 4.79 Å². The summed E-state index contributed by atoms with van der Waals surface area (Å²) in [6, 6.07) is 12.1. The first-order valence-electron chi connectivity index (χ1n) is 10.0. The van der Waals surface area contributed by atoms with Crippen molar-refractivity contribution in [2.75, 3.05) is 25.0 Å². The maximum atomic E-state index is 13.7. The molecule has 3 aromatic rings. The van der Waals surface area contributed by atoms with E-state index in [0.717, 1.165) is 23.5 Å². The summed E-state index contributed by atoms with van der Waals surface area (Å²) in [7, 11) is 0. The zero-order chi connectivity index (χ0) is 22.5. The monoisotopic (exact) mass is 458 g/mol.